The average Bonchev–Trinajstić information content (AvgIpc) is 2.43. The minimum Gasteiger partial charge on any atom is -0.493 e. The van der Waals surface area contributed by atoms with Crippen LogP contribution in [0.2, 0.25) is 0 Å². The molecule has 0 heterocycles. The highest BCUT2D eigenvalue weighted by atomic mass is 16.5. The van der Waals surface area contributed by atoms with Crippen molar-refractivity contribution in [3.63, 3.8) is 0 Å². The van der Waals surface area contributed by atoms with Gasteiger partial charge in [0.15, 0.2) is 17.8 Å². The first kappa shape index (κ1) is 14.4. The minimum absolute atomic E-state index is 0.160. The molecule has 0 amide bonds. The third-order valence-corrected chi connectivity index (χ3v) is 2.59. The Morgan fingerprint density at radius 2 is 1.78 bits per heavy atom. The first-order valence-electron chi connectivity index (χ1n) is 5.27. The van der Waals surface area contributed by atoms with Crippen LogP contribution in [0.1, 0.15) is 22.0 Å². The first-order chi connectivity index (χ1) is 8.58. The molecule has 2 unspecified atom stereocenters. The largest absolute Gasteiger partial charge is 0.493 e. The topological polar surface area (TPSA) is 96.2 Å². The van der Waals surface area contributed by atoms with Crippen molar-refractivity contribution in [2.75, 3.05) is 20.8 Å². The fourth-order valence-corrected chi connectivity index (χ4v) is 1.58. The molecule has 0 fully saturated rings. The Bertz CT molecular complexity index is 417. The summed E-state index contributed by atoms with van der Waals surface area (Å²) in [7, 11) is 2.84. The van der Waals surface area contributed by atoms with Gasteiger partial charge in [-0.2, -0.15) is 0 Å². The van der Waals surface area contributed by atoms with Crippen molar-refractivity contribution < 1.29 is 29.6 Å². The molecule has 100 valence electrons. The number of hydrogen-bond donors (Lipinski definition) is 3. The number of carbonyl (C=O) groups is 1. The maximum Gasteiger partial charge on any atom is 0.161 e. The summed E-state index contributed by atoms with van der Waals surface area (Å²) in [6.45, 7) is -0.617. The monoisotopic (exact) mass is 256 g/mol. The molecule has 18 heavy (non-hydrogen) atoms. The molecule has 0 saturated carbocycles. The average molecular weight is 256 g/mol. The second kappa shape index (κ2) is 6.34. The number of aliphatic hydroxyl groups is 3. The summed E-state index contributed by atoms with van der Waals surface area (Å²) in [6.07, 6.45) is -2.22. The van der Waals surface area contributed by atoms with Gasteiger partial charge in [-0.15, -0.1) is 0 Å². The summed E-state index contributed by atoms with van der Waals surface area (Å²) in [5, 5.41) is 28.0. The predicted octanol–water partition coefficient (Wildman–Crippen LogP) is -0.0971. The van der Waals surface area contributed by atoms with Crippen molar-refractivity contribution >= 4 is 6.29 Å². The van der Waals surface area contributed by atoms with Crippen LogP contribution in [0.3, 0.4) is 0 Å². The van der Waals surface area contributed by atoms with Crippen molar-refractivity contribution in [2.45, 2.75) is 12.2 Å². The van der Waals surface area contributed by atoms with Crippen molar-refractivity contribution in [3.8, 4) is 11.5 Å². The van der Waals surface area contributed by atoms with E-state index in [1.54, 1.807) is 0 Å². The summed E-state index contributed by atoms with van der Waals surface area (Å²) in [6, 6.07) is 2.79. The van der Waals surface area contributed by atoms with Crippen LogP contribution in [0.5, 0.6) is 11.5 Å². The van der Waals surface area contributed by atoms with Crippen molar-refractivity contribution in [3.05, 3.63) is 23.3 Å². The molecule has 0 aliphatic heterocycles. The van der Waals surface area contributed by atoms with E-state index in [9.17, 15) is 15.0 Å². The molecule has 0 radical (unpaired) electrons. The van der Waals surface area contributed by atoms with Gasteiger partial charge in [-0.3, -0.25) is 4.79 Å². The highest BCUT2D eigenvalue weighted by Crippen LogP contribution is 2.33. The molecule has 0 spiro atoms. The van der Waals surface area contributed by atoms with Crippen LogP contribution >= 0.6 is 0 Å². The third kappa shape index (κ3) is 2.79. The molecule has 6 heteroatoms. The van der Waals surface area contributed by atoms with Gasteiger partial charge in [0.1, 0.15) is 12.2 Å². The Hall–Kier alpha value is -1.63. The van der Waals surface area contributed by atoms with Crippen LogP contribution in [-0.4, -0.2) is 48.5 Å². The maximum absolute atomic E-state index is 11.0. The van der Waals surface area contributed by atoms with Crippen molar-refractivity contribution in [1.82, 2.24) is 0 Å². The number of methoxy groups -OCH3 is 2. The van der Waals surface area contributed by atoms with E-state index < -0.39 is 18.8 Å². The molecule has 0 bridgehead atoms. The molecular formula is C12H16O6. The van der Waals surface area contributed by atoms with Gasteiger partial charge in [0.25, 0.3) is 0 Å². The highest BCUT2D eigenvalue weighted by molar-refractivity contribution is 5.79. The smallest absolute Gasteiger partial charge is 0.161 e. The zero-order chi connectivity index (χ0) is 13.7. The van der Waals surface area contributed by atoms with E-state index >= 15 is 0 Å². The van der Waals surface area contributed by atoms with E-state index in [-0.39, 0.29) is 11.1 Å². The van der Waals surface area contributed by atoms with Gasteiger partial charge >= 0.3 is 0 Å². The summed E-state index contributed by atoms with van der Waals surface area (Å²) in [5.41, 5.74) is 0.330. The molecule has 0 aliphatic rings. The van der Waals surface area contributed by atoms with Gasteiger partial charge in [-0.25, -0.2) is 0 Å². The number of aliphatic hydroxyl groups excluding tert-OH is 3. The molecule has 6 nitrogen and oxygen atoms in total. The highest BCUT2D eigenvalue weighted by Gasteiger charge is 2.22. The van der Waals surface area contributed by atoms with Crippen LogP contribution in [0.4, 0.5) is 0 Å². The normalized spacial score (nSPS) is 13.8. The number of benzene rings is 1. The van der Waals surface area contributed by atoms with E-state index in [0.717, 1.165) is 0 Å². The molecule has 1 aromatic carbocycles. The van der Waals surface area contributed by atoms with Crippen LogP contribution < -0.4 is 9.47 Å². The zero-order valence-corrected chi connectivity index (χ0v) is 10.2. The van der Waals surface area contributed by atoms with E-state index in [1.165, 1.54) is 26.4 Å². The Kier molecular flexibility index (Phi) is 5.08. The number of carbonyl (C=O) groups excluding carboxylic acids is 1. The second-order valence-corrected chi connectivity index (χ2v) is 3.65. The number of ether oxygens (including phenoxy) is 2. The Morgan fingerprint density at radius 3 is 2.22 bits per heavy atom. The quantitative estimate of drug-likeness (QED) is 0.615. The van der Waals surface area contributed by atoms with Gasteiger partial charge in [0.05, 0.1) is 20.8 Å². The van der Waals surface area contributed by atoms with Gasteiger partial charge in [-0.1, -0.05) is 0 Å². The van der Waals surface area contributed by atoms with Gasteiger partial charge in [0, 0.05) is 5.56 Å². The van der Waals surface area contributed by atoms with Crippen LogP contribution in [-0.2, 0) is 0 Å². The van der Waals surface area contributed by atoms with E-state index in [1.807, 2.05) is 0 Å². The fraction of sp³-hybridized carbons (Fsp3) is 0.417. The van der Waals surface area contributed by atoms with Gasteiger partial charge < -0.3 is 24.8 Å². The summed E-state index contributed by atoms with van der Waals surface area (Å²) < 4.78 is 10.1. The molecule has 0 aliphatic carbocycles. The maximum atomic E-state index is 11.0. The molecule has 2 atom stereocenters. The second-order valence-electron chi connectivity index (χ2n) is 3.65. The van der Waals surface area contributed by atoms with Crippen molar-refractivity contribution in [1.29, 1.82) is 0 Å². The van der Waals surface area contributed by atoms with Crippen LogP contribution in [0.25, 0.3) is 0 Å². The Balaban J connectivity index is 3.29. The Labute approximate surface area is 104 Å². The molecular weight excluding hydrogens is 240 g/mol. The molecule has 0 saturated heterocycles. The molecule has 1 aromatic rings. The molecule has 3 N–H and O–H groups in total. The lowest BCUT2D eigenvalue weighted by atomic mass is 9.98. The lowest BCUT2D eigenvalue weighted by molar-refractivity contribution is -0.0155. The number of rotatable bonds is 6. The third-order valence-electron chi connectivity index (χ3n) is 2.59. The lowest BCUT2D eigenvalue weighted by Gasteiger charge is -2.19. The molecule has 0 aromatic heterocycles. The van der Waals surface area contributed by atoms with E-state index in [4.69, 9.17) is 14.6 Å². The lowest BCUT2D eigenvalue weighted by Crippen LogP contribution is -2.23. The van der Waals surface area contributed by atoms with Gasteiger partial charge in [0.2, 0.25) is 0 Å². The summed E-state index contributed by atoms with van der Waals surface area (Å²) >= 11 is 0. The summed E-state index contributed by atoms with van der Waals surface area (Å²) in [4.78, 5) is 11.0. The van der Waals surface area contributed by atoms with Crippen LogP contribution in [0, 0.1) is 0 Å². The van der Waals surface area contributed by atoms with Crippen molar-refractivity contribution in [2.24, 2.45) is 0 Å². The summed E-state index contributed by atoms with van der Waals surface area (Å²) in [5.74, 6) is 0.663. The van der Waals surface area contributed by atoms with Gasteiger partial charge in [-0.05, 0) is 17.7 Å². The van der Waals surface area contributed by atoms with E-state index in [0.29, 0.717) is 17.8 Å². The molecule has 1 rings (SSSR count). The Morgan fingerprint density at radius 1 is 1.22 bits per heavy atom. The fourth-order valence-electron chi connectivity index (χ4n) is 1.58. The van der Waals surface area contributed by atoms with E-state index in [2.05, 4.69) is 0 Å². The predicted molar refractivity (Wildman–Crippen MR) is 63.0 cm³/mol. The zero-order valence-electron chi connectivity index (χ0n) is 10.2. The number of hydrogen-bond acceptors (Lipinski definition) is 6. The standard InChI is InChI=1S/C12H16O6/c1-17-10-3-7(5-13)8(4-11(10)18-2)12(16)9(15)6-14/h3-5,9,12,14-16H,6H2,1-2H3. The first-order valence-corrected chi connectivity index (χ1v) is 5.27. The van der Waals surface area contributed by atoms with Crippen LogP contribution in [0.15, 0.2) is 12.1 Å². The minimum atomic E-state index is -1.38. The number of aldehydes is 1. The SMILES string of the molecule is COc1cc(C=O)c(C(O)C(O)CO)cc1OC.